The zero-order valence-corrected chi connectivity index (χ0v) is 20.8. The summed E-state index contributed by atoms with van der Waals surface area (Å²) >= 11 is 0. The lowest BCUT2D eigenvalue weighted by Crippen LogP contribution is -2.48. The Labute approximate surface area is 222 Å². The molecular weight excluding hydrogens is 522 g/mol. The number of aliphatic hydroxyl groups is 2. The first-order valence-electron chi connectivity index (χ1n) is 11.8. The van der Waals surface area contributed by atoms with E-state index in [-0.39, 0.29) is 19.7 Å². The van der Waals surface area contributed by atoms with Crippen LogP contribution in [0.4, 0.5) is 4.79 Å². The third-order valence-corrected chi connectivity index (χ3v) is 5.46. The van der Waals surface area contributed by atoms with Crippen LogP contribution in [-0.2, 0) is 40.1 Å². The lowest BCUT2D eigenvalue weighted by atomic mass is 10.0. The van der Waals surface area contributed by atoms with Crippen molar-refractivity contribution < 1.29 is 53.6 Å². The number of carboxylic acids is 1. The number of carbonyl (C=O) groups is 6. The SMILES string of the molecule is NCC(=O)NCC(=O)NCC(=O)N(CC(=O)O)C(=O)C[C@@H]1O[C@H](CNC(=O)OCc2ccccc2)[C@@H](O)[C@H]1O. The molecule has 1 aliphatic rings. The van der Waals surface area contributed by atoms with E-state index in [2.05, 4.69) is 16.0 Å². The number of imide groups is 1. The van der Waals surface area contributed by atoms with Gasteiger partial charge >= 0.3 is 12.1 Å². The minimum Gasteiger partial charge on any atom is -0.480 e. The van der Waals surface area contributed by atoms with Crippen LogP contribution >= 0.6 is 0 Å². The number of carboxylic acid groups (broad SMARTS) is 1. The summed E-state index contributed by atoms with van der Waals surface area (Å²) in [7, 11) is 0. The molecule has 0 aromatic heterocycles. The van der Waals surface area contributed by atoms with Crippen LogP contribution in [0.3, 0.4) is 0 Å². The van der Waals surface area contributed by atoms with E-state index in [1.165, 1.54) is 0 Å². The van der Waals surface area contributed by atoms with Crippen LogP contribution < -0.4 is 21.7 Å². The maximum Gasteiger partial charge on any atom is 0.407 e. The van der Waals surface area contributed by atoms with E-state index < -0.39 is 86.2 Å². The Morgan fingerprint density at radius 2 is 1.54 bits per heavy atom. The zero-order chi connectivity index (χ0) is 28.9. The van der Waals surface area contributed by atoms with E-state index >= 15 is 0 Å². The second-order valence-corrected chi connectivity index (χ2v) is 8.37. The summed E-state index contributed by atoms with van der Waals surface area (Å²) in [6.07, 6.45) is -7.06. The van der Waals surface area contributed by atoms with E-state index in [1.54, 1.807) is 30.3 Å². The summed E-state index contributed by atoms with van der Waals surface area (Å²) in [5.41, 5.74) is 5.84. The molecule has 16 nitrogen and oxygen atoms in total. The number of amides is 5. The largest absolute Gasteiger partial charge is 0.480 e. The van der Waals surface area contributed by atoms with Crippen molar-refractivity contribution in [3.05, 3.63) is 35.9 Å². The number of carbonyl (C=O) groups excluding carboxylic acids is 5. The number of alkyl carbamates (subject to hydrolysis) is 1. The number of hydrogen-bond donors (Lipinski definition) is 7. The number of aliphatic carboxylic acids is 1. The summed E-state index contributed by atoms with van der Waals surface area (Å²) in [5, 5.41) is 36.4. The first kappa shape index (κ1) is 31.1. The van der Waals surface area contributed by atoms with Gasteiger partial charge in [0.05, 0.1) is 32.2 Å². The standard InChI is InChI=1S/C23H31N5O11/c24-7-16(29)25-9-17(30)26-10-19(32)28(11-20(33)34)18(31)6-14-21(35)22(36)15(39-14)8-27-23(37)38-12-13-4-2-1-3-5-13/h1-5,14-15,21-22,35-36H,6-12,24H2,(H,25,29)(H,26,30)(H,27,37)(H,33,34)/t14-,15+,21-,22+/m0/s1. The number of ether oxygens (including phenoxy) is 2. The van der Waals surface area contributed by atoms with Crippen LogP contribution in [0.25, 0.3) is 0 Å². The summed E-state index contributed by atoms with van der Waals surface area (Å²) in [4.78, 5) is 71.5. The van der Waals surface area contributed by atoms with Crippen molar-refractivity contribution in [2.45, 2.75) is 37.4 Å². The van der Waals surface area contributed by atoms with Crippen LogP contribution in [0.2, 0.25) is 0 Å². The molecule has 0 spiro atoms. The predicted octanol–water partition coefficient (Wildman–Crippen LogP) is -3.58. The van der Waals surface area contributed by atoms with Gasteiger partial charge in [-0.05, 0) is 5.56 Å². The lowest BCUT2D eigenvalue weighted by Gasteiger charge is -2.22. The molecule has 0 unspecified atom stereocenters. The molecule has 1 heterocycles. The molecule has 214 valence electrons. The fourth-order valence-electron chi connectivity index (χ4n) is 3.44. The van der Waals surface area contributed by atoms with Crippen LogP contribution in [-0.4, -0.2) is 113 Å². The molecule has 8 N–H and O–H groups in total. The summed E-state index contributed by atoms with van der Waals surface area (Å²) in [6, 6.07) is 8.86. The molecule has 1 aromatic rings. The van der Waals surface area contributed by atoms with Gasteiger partial charge in [0.15, 0.2) is 0 Å². The molecule has 2 rings (SSSR count). The van der Waals surface area contributed by atoms with E-state index in [4.69, 9.17) is 20.3 Å². The van der Waals surface area contributed by atoms with Gasteiger partial charge in [-0.2, -0.15) is 0 Å². The van der Waals surface area contributed by atoms with Crippen LogP contribution in [0.1, 0.15) is 12.0 Å². The summed E-state index contributed by atoms with van der Waals surface area (Å²) < 4.78 is 10.5. The Kier molecular flexibility index (Phi) is 12.2. The van der Waals surface area contributed by atoms with Gasteiger partial charge in [-0.3, -0.25) is 28.9 Å². The first-order chi connectivity index (χ1) is 18.5. The number of rotatable bonds is 13. The van der Waals surface area contributed by atoms with Crippen molar-refractivity contribution in [3.8, 4) is 0 Å². The van der Waals surface area contributed by atoms with E-state index in [0.717, 1.165) is 5.56 Å². The highest BCUT2D eigenvalue weighted by atomic mass is 16.6. The Morgan fingerprint density at radius 1 is 0.897 bits per heavy atom. The Morgan fingerprint density at radius 3 is 2.18 bits per heavy atom. The molecule has 0 bridgehead atoms. The highest BCUT2D eigenvalue weighted by Crippen LogP contribution is 2.24. The summed E-state index contributed by atoms with van der Waals surface area (Å²) in [6.45, 7) is -2.93. The van der Waals surface area contributed by atoms with Gasteiger partial charge in [0.25, 0.3) is 0 Å². The third kappa shape index (κ3) is 10.3. The van der Waals surface area contributed by atoms with Crippen molar-refractivity contribution in [2.75, 3.05) is 32.7 Å². The number of hydrogen-bond acceptors (Lipinski definition) is 11. The quantitative estimate of drug-likeness (QED) is 0.125. The van der Waals surface area contributed by atoms with Gasteiger partial charge in [0.2, 0.25) is 23.6 Å². The van der Waals surface area contributed by atoms with Crippen molar-refractivity contribution in [1.82, 2.24) is 20.9 Å². The number of nitrogens with one attached hydrogen (secondary N) is 3. The zero-order valence-electron chi connectivity index (χ0n) is 20.8. The molecule has 0 aliphatic carbocycles. The van der Waals surface area contributed by atoms with Crippen molar-refractivity contribution >= 4 is 35.7 Å². The van der Waals surface area contributed by atoms with Crippen LogP contribution in [0, 0.1) is 0 Å². The normalized spacial score (nSPS) is 20.0. The van der Waals surface area contributed by atoms with Crippen molar-refractivity contribution in [1.29, 1.82) is 0 Å². The average molecular weight is 554 g/mol. The monoisotopic (exact) mass is 553 g/mol. The van der Waals surface area contributed by atoms with E-state index in [9.17, 15) is 39.0 Å². The maximum absolute atomic E-state index is 12.7. The fraction of sp³-hybridized carbons (Fsp3) is 0.478. The number of nitrogens with two attached hydrogens (primary N) is 1. The molecule has 1 saturated heterocycles. The first-order valence-corrected chi connectivity index (χ1v) is 11.8. The van der Waals surface area contributed by atoms with Crippen molar-refractivity contribution in [3.63, 3.8) is 0 Å². The number of aliphatic hydroxyl groups excluding tert-OH is 2. The van der Waals surface area contributed by atoms with E-state index in [1.807, 2.05) is 0 Å². The molecule has 1 fully saturated rings. The molecule has 0 saturated carbocycles. The molecule has 0 radical (unpaired) electrons. The highest BCUT2D eigenvalue weighted by molar-refractivity contribution is 6.00. The minimum atomic E-state index is -1.59. The lowest BCUT2D eigenvalue weighted by molar-refractivity contribution is -0.154. The molecule has 1 aliphatic heterocycles. The predicted molar refractivity (Wildman–Crippen MR) is 129 cm³/mol. The van der Waals surface area contributed by atoms with Crippen LogP contribution in [0.5, 0.6) is 0 Å². The fourth-order valence-corrected chi connectivity index (χ4v) is 3.44. The van der Waals surface area contributed by atoms with Gasteiger partial charge in [-0.25, -0.2) is 4.79 Å². The average Bonchev–Trinajstić information content (AvgIpc) is 3.18. The van der Waals surface area contributed by atoms with Crippen molar-refractivity contribution in [2.24, 2.45) is 5.73 Å². The number of nitrogens with zero attached hydrogens (tertiary/aromatic N) is 1. The molecule has 4 atom stereocenters. The van der Waals surface area contributed by atoms with Gasteiger partial charge in [-0.1, -0.05) is 30.3 Å². The van der Waals surface area contributed by atoms with Gasteiger partial charge < -0.3 is 46.5 Å². The maximum atomic E-state index is 12.7. The topological polar surface area (TPSA) is 247 Å². The van der Waals surface area contributed by atoms with Gasteiger partial charge in [0, 0.05) is 6.54 Å². The molecule has 5 amide bonds. The second kappa shape index (κ2) is 15.3. The Bertz CT molecular complexity index is 1040. The number of benzene rings is 1. The third-order valence-electron chi connectivity index (χ3n) is 5.46. The van der Waals surface area contributed by atoms with Crippen LogP contribution in [0.15, 0.2) is 30.3 Å². The highest BCUT2D eigenvalue weighted by Gasteiger charge is 2.44. The van der Waals surface area contributed by atoms with Gasteiger partial charge in [-0.15, -0.1) is 0 Å². The second-order valence-electron chi connectivity index (χ2n) is 8.37. The molecule has 16 heteroatoms. The molecule has 1 aromatic carbocycles. The Balaban J connectivity index is 1.87. The Hall–Kier alpha value is -4.12. The molecule has 39 heavy (non-hydrogen) atoms. The van der Waals surface area contributed by atoms with Gasteiger partial charge in [0.1, 0.15) is 31.5 Å². The smallest absolute Gasteiger partial charge is 0.407 e. The van der Waals surface area contributed by atoms with E-state index in [0.29, 0.717) is 4.90 Å². The minimum absolute atomic E-state index is 0.00324. The molecular formula is C23H31N5O11. The summed E-state index contributed by atoms with van der Waals surface area (Å²) in [5.74, 6) is -5.06.